The molecule has 0 unspecified atom stereocenters. The van der Waals surface area contributed by atoms with Crippen LogP contribution in [0.2, 0.25) is 0 Å². The number of rotatable bonds is 6. The summed E-state index contributed by atoms with van der Waals surface area (Å²) in [4.78, 5) is 10.5. The van der Waals surface area contributed by atoms with Gasteiger partial charge in [0.15, 0.2) is 0 Å². The molecule has 0 radical (unpaired) electrons. The molecule has 2 N–H and O–H groups in total. The van der Waals surface area contributed by atoms with Gasteiger partial charge in [-0.25, -0.2) is 0 Å². The Hall–Kier alpha value is -1.78. The fourth-order valence-corrected chi connectivity index (χ4v) is 1.71. The topological polar surface area (TPSA) is 67.2 Å². The zero-order valence-electron chi connectivity index (χ0n) is 12.1. The van der Waals surface area contributed by atoms with Crippen molar-refractivity contribution in [3.8, 4) is 0 Å². The number of nitrogens with zero attached hydrogens (tertiary/aromatic N) is 1. The molecule has 0 aliphatic heterocycles. The molecule has 5 heteroatoms. The van der Waals surface area contributed by atoms with Crippen molar-refractivity contribution >= 4 is 17.1 Å². The maximum Gasteiger partial charge on any atom is 0.273 e. The zero-order valence-corrected chi connectivity index (χ0v) is 12.1. The third-order valence-electron chi connectivity index (χ3n) is 2.71. The van der Waals surface area contributed by atoms with Crippen molar-refractivity contribution in [2.75, 3.05) is 23.7 Å². The molecule has 106 valence electrons. The molecule has 0 heterocycles. The van der Waals surface area contributed by atoms with Crippen molar-refractivity contribution in [1.82, 2.24) is 0 Å². The van der Waals surface area contributed by atoms with Crippen molar-refractivity contribution in [2.24, 2.45) is 5.41 Å². The summed E-state index contributed by atoms with van der Waals surface area (Å²) in [7, 11) is 0. The first kappa shape index (κ1) is 15.3. The Morgan fingerprint density at radius 3 is 2.21 bits per heavy atom. The highest BCUT2D eigenvalue weighted by atomic mass is 16.6. The molecule has 0 atom stereocenters. The van der Waals surface area contributed by atoms with E-state index in [1.54, 1.807) is 12.1 Å². The summed E-state index contributed by atoms with van der Waals surface area (Å²) in [5.41, 5.74) is 1.92. The molecule has 1 aromatic rings. The minimum atomic E-state index is -0.365. The molecule has 0 aliphatic rings. The van der Waals surface area contributed by atoms with Crippen LogP contribution < -0.4 is 10.6 Å². The van der Waals surface area contributed by atoms with Crippen molar-refractivity contribution in [2.45, 2.75) is 34.1 Å². The van der Waals surface area contributed by atoms with E-state index in [1.807, 2.05) is 13.0 Å². The highest BCUT2D eigenvalue weighted by Crippen LogP contribution is 2.25. The second-order valence-electron chi connectivity index (χ2n) is 5.79. The van der Waals surface area contributed by atoms with E-state index in [-0.39, 0.29) is 16.0 Å². The van der Waals surface area contributed by atoms with Gasteiger partial charge in [-0.3, -0.25) is 10.1 Å². The summed E-state index contributed by atoms with van der Waals surface area (Å²) in [6.07, 6.45) is 1.01. The van der Waals surface area contributed by atoms with E-state index in [4.69, 9.17) is 0 Å². The molecule has 0 aliphatic carbocycles. The number of hydrogen-bond acceptors (Lipinski definition) is 4. The van der Waals surface area contributed by atoms with Gasteiger partial charge in [0, 0.05) is 36.6 Å². The third kappa shape index (κ3) is 5.59. The lowest BCUT2D eigenvalue weighted by Gasteiger charge is -2.18. The summed E-state index contributed by atoms with van der Waals surface area (Å²) in [5.74, 6) is 0. The number of non-ortho nitro benzene ring substituents is 1. The Bertz CT molecular complexity index is 439. The predicted molar refractivity (Wildman–Crippen MR) is 79.8 cm³/mol. The van der Waals surface area contributed by atoms with Gasteiger partial charge in [0.25, 0.3) is 5.69 Å². The standard InChI is InChI=1S/C14H23N3O2/c1-5-15-11-8-12(10-13(9-11)17(18)19)16-7-6-14(2,3)4/h8-10,15-16H,5-7H2,1-4H3. The van der Waals surface area contributed by atoms with Gasteiger partial charge in [-0.2, -0.15) is 0 Å². The SMILES string of the molecule is CCNc1cc(NCCC(C)(C)C)cc([N+](=O)[O-])c1. The molecule has 0 bridgehead atoms. The molecule has 0 aromatic heterocycles. The second-order valence-corrected chi connectivity index (χ2v) is 5.79. The molecule has 1 rings (SSSR count). The third-order valence-corrected chi connectivity index (χ3v) is 2.71. The second kappa shape index (κ2) is 6.41. The number of hydrogen-bond donors (Lipinski definition) is 2. The number of nitro benzene ring substituents is 1. The number of nitro groups is 1. The fraction of sp³-hybridized carbons (Fsp3) is 0.571. The van der Waals surface area contributed by atoms with Crippen LogP contribution in [0.1, 0.15) is 34.1 Å². The van der Waals surface area contributed by atoms with Crippen LogP contribution in [-0.2, 0) is 0 Å². The minimum Gasteiger partial charge on any atom is -0.385 e. The minimum absolute atomic E-state index is 0.108. The van der Waals surface area contributed by atoms with Gasteiger partial charge in [-0.1, -0.05) is 20.8 Å². The summed E-state index contributed by atoms with van der Waals surface area (Å²) >= 11 is 0. The van der Waals surface area contributed by atoms with Crippen LogP contribution in [0.15, 0.2) is 18.2 Å². The zero-order chi connectivity index (χ0) is 14.5. The quantitative estimate of drug-likeness (QED) is 0.605. The Balaban J connectivity index is 2.78. The molecule has 0 saturated heterocycles. The molecule has 0 saturated carbocycles. The number of nitrogens with one attached hydrogen (secondary N) is 2. The first-order chi connectivity index (χ1) is 8.81. The van der Waals surface area contributed by atoms with Crippen molar-refractivity contribution in [3.05, 3.63) is 28.3 Å². The van der Waals surface area contributed by atoms with Crippen molar-refractivity contribution < 1.29 is 4.92 Å². The van der Waals surface area contributed by atoms with Crippen LogP contribution in [-0.4, -0.2) is 18.0 Å². The predicted octanol–water partition coefficient (Wildman–Crippen LogP) is 3.87. The Morgan fingerprint density at radius 1 is 1.16 bits per heavy atom. The van der Waals surface area contributed by atoms with Crippen LogP contribution in [0.3, 0.4) is 0 Å². The maximum absolute atomic E-state index is 10.9. The van der Waals surface area contributed by atoms with E-state index in [2.05, 4.69) is 31.4 Å². The van der Waals surface area contributed by atoms with E-state index < -0.39 is 0 Å². The van der Waals surface area contributed by atoms with E-state index in [1.165, 1.54) is 0 Å². The smallest absolute Gasteiger partial charge is 0.273 e. The molecule has 19 heavy (non-hydrogen) atoms. The molecule has 0 fully saturated rings. The Morgan fingerprint density at radius 2 is 1.74 bits per heavy atom. The summed E-state index contributed by atoms with van der Waals surface area (Å²) in [6, 6.07) is 5.03. The normalized spacial score (nSPS) is 11.2. The molecule has 5 nitrogen and oxygen atoms in total. The number of benzene rings is 1. The van der Waals surface area contributed by atoms with Gasteiger partial charge in [-0.15, -0.1) is 0 Å². The van der Waals surface area contributed by atoms with Gasteiger partial charge in [0.1, 0.15) is 0 Å². The van der Waals surface area contributed by atoms with E-state index in [0.717, 1.165) is 30.9 Å². The monoisotopic (exact) mass is 265 g/mol. The van der Waals surface area contributed by atoms with Crippen LogP contribution in [0.4, 0.5) is 17.1 Å². The van der Waals surface area contributed by atoms with Crippen LogP contribution in [0.25, 0.3) is 0 Å². The average Bonchev–Trinajstić information content (AvgIpc) is 2.27. The fourth-order valence-electron chi connectivity index (χ4n) is 1.71. The van der Waals surface area contributed by atoms with E-state index >= 15 is 0 Å². The Kier molecular flexibility index (Phi) is 5.15. The molecule has 0 amide bonds. The van der Waals surface area contributed by atoms with Gasteiger partial charge >= 0.3 is 0 Å². The van der Waals surface area contributed by atoms with Crippen molar-refractivity contribution in [1.29, 1.82) is 0 Å². The lowest BCUT2D eigenvalue weighted by atomic mass is 9.92. The van der Waals surface area contributed by atoms with E-state index in [0.29, 0.717) is 0 Å². The van der Waals surface area contributed by atoms with E-state index in [9.17, 15) is 10.1 Å². The number of anilines is 2. The average molecular weight is 265 g/mol. The molecular formula is C14H23N3O2. The summed E-state index contributed by atoms with van der Waals surface area (Å²) in [6.45, 7) is 10.0. The summed E-state index contributed by atoms with van der Waals surface area (Å²) in [5, 5.41) is 17.2. The van der Waals surface area contributed by atoms with Gasteiger partial charge in [0.2, 0.25) is 0 Å². The highest BCUT2D eigenvalue weighted by Gasteiger charge is 2.12. The van der Waals surface area contributed by atoms with Crippen LogP contribution in [0.5, 0.6) is 0 Å². The van der Waals surface area contributed by atoms with Gasteiger partial charge in [0.05, 0.1) is 4.92 Å². The first-order valence-electron chi connectivity index (χ1n) is 6.59. The largest absolute Gasteiger partial charge is 0.385 e. The molecule has 0 spiro atoms. The Labute approximate surface area is 114 Å². The highest BCUT2D eigenvalue weighted by molar-refractivity contribution is 5.63. The maximum atomic E-state index is 10.9. The van der Waals surface area contributed by atoms with Crippen LogP contribution in [0, 0.1) is 15.5 Å². The van der Waals surface area contributed by atoms with Gasteiger partial charge in [-0.05, 0) is 24.8 Å². The lowest BCUT2D eigenvalue weighted by molar-refractivity contribution is -0.384. The van der Waals surface area contributed by atoms with Gasteiger partial charge < -0.3 is 10.6 Å². The molecule has 1 aromatic carbocycles. The summed E-state index contributed by atoms with van der Waals surface area (Å²) < 4.78 is 0. The molecular weight excluding hydrogens is 242 g/mol. The van der Waals surface area contributed by atoms with Crippen LogP contribution >= 0.6 is 0 Å². The van der Waals surface area contributed by atoms with Crippen molar-refractivity contribution in [3.63, 3.8) is 0 Å². The first-order valence-corrected chi connectivity index (χ1v) is 6.59. The lowest BCUT2D eigenvalue weighted by Crippen LogP contribution is -2.13.